The van der Waals surface area contributed by atoms with Gasteiger partial charge in [-0.15, -0.1) is 0 Å². The normalized spacial score (nSPS) is 12.2. The number of carbonyl (C=O) groups is 2. The fourth-order valence-electron chi connectivity index (χ4n) is 3.25. The minimum atomic E-state index is -0.580. The average Bonchev–Trinajstić information content (AvgIpc) is 2.84. The molecule has 0 aromatic heterocycles. The standard InChI is InChI=1S/C27H39N3O2S2/c1-27(2,21-34-19-23-14-8-4-9-15-23)26(32)30-24(25(31)29-17-11-5-10-16-28)20-33-18-22-12-6-3-7-13-22/h3-4,6-9,12-15,24H,5,10-11,16-21,28H2,1-2H3,(H,29,31)(H,30,32)/t24-/m0/s1. The molecule has 0 aliphatic rings. The Morgan fingerprint density at radius 2 is 1.47 bits per heavy atom. The van der Waals surface area contributed by atoms with Gasteiger partial charge in [-0.1, -0.05) is 80.9 Å². The van der Waals surface area contributed by atoms with Crippen molar-refractivity contribution in [2.75, 3.05) is 24.6 Å². The lowest BCUT2D eigenvalue weighted by atomic mass is 9.95. The van der Waals surface area contributed by atoms with Crippen molar-refractivity contribution in [3.63, 3.8) is 0 Å². The Morgan fingerprint density at radius 3 is 2.06 bits per heavy atom. The van der Waals surface area contributed by atoms with Crippen molar-refractivity contribution in [1.29, 1.82) is 0 Å². The van der Waals surface area contributed by atoms with Crippen molar-refractivity contribution in [2.24, 2.45) is 11.1 Å². The van der Waals surface area contributed by atoms with Crippen molar-refractivity contribution in [1.82, 2.24) is 10.6 Å². The van der Waals surface area contributed by atoms with Gasteiger partial charge in [0.05, 0.1) is 5.41 Å². The average molecular weight is 502 g/mol. The number of nitrogens with one attached hydrogen (secondary N) is 2. The highest BCUT2D eigenvalue weighted by atomic mass is 32.2. The highest BCUT2D eigenvalue weighted by molar-refractivity contribution is 7.98. The second-order valence-electron chi connectivity index (χ2n) is 9.03. The quantitative estimate of drug-likeness (QED) is 0.293. The number of hydrogen-bond donors (Lipinski definition) is 3. The van der Waals surface area contributed by atoms with Crippen LogP contribution in [0.3, 0.4) is 0 Å². The molecule has 5 nitrogen and oxygen atoms in total. The van der Waals surface area contributed by atoms with E-state index in [1.807, 2.05) is 50.2 Å². The lowest BCUT2D eigenvalue weighted by Crippen LogP contribution is -2.52. The van der Waals surface area contributed by atoms with Crippen LogP contribution in [0.5, 0.6) is 0 Å². The van der Waals surface area contributed by atoms with Crippen LogP contribution in [0.15, 0.2) is 60.7 Å². The molecule has 2 aromatic rings. The van der Waals surface area contributed by atoms with E-state index in [9.17, 15) is 9.59 Å². The van der Waals surface area contributed by atoms with Gasteiger partial charge in [-0.2, -0.15) is 23.5 Å². The molecule has 186 valence electrons. The van der Waals surface area contributed by atoms with Crippen LogP contribution in [0.25, 0.3) is 0 Å². The van der Waals surface area contributed by atoms with Crippen LogP contribution < -0.4 is 16.4 Å². The Bertz CT molecular complexity index is 847. The minimum Gasteiger partial charge on any atom is -0.354 e. The summed E-state index contributed by atoms with van der Waals surface area (Å²) in [5.74, 6) is 2.66. The molecule has 0 aliphatic carbocycles. The summed E-state index contributed by atoms with van der Waals surface area (Å²) < 4.78 is 0. The summed E-state index contributed by atoms with van der Waals surface area (Å²) in [6.45, 7) is 5.16. The third-order valence-electron chi connectivity index (χ3n) is 5.39. The van der Waals surface area contributed by atoms with Crippen LogP contribution in [0.2, 0.25) is 0 Å². The van der Waals surface area contributed by atoms with E-state index in [0.29, 0.717) is 24.6 Å². The maximum atomic E-state index is 13.1. The van der Waals surface area contributed by atoms with Gasteiger partial charge in [0.2, 0.25) is 11.8 Å². The Balaban J connectivity index is 1.89. The molecule has 0 fully saturated rings. The summed E-state index contributed by atoms with van der Waals surface area (Å²) in [6, 6.07) is 19.9. The fraction of sp³-hybridized carbons (Fsp3) is 0.481. The molecule has 2 amide bonds. The second-order valence-corrected chi connectivity index (χ2v) is 11.0. The predicted molar refractivity (Wildman–Crippen MR) is 147 cm³/mol. The largest absolute Gasteiger partial charge is 0.354 e. The number of hydrogen-bond acceptors (Lipinski definition) is 5. The number of amides is 2. The van der Waals surface area contributed by atoms with Gasteiger partial charge in [-0.3, -0.25) is 9.59 Å². The highest BCUT2D eigenvalue weighted by Gasteiger charge is 2.31. The molecule has 0 radical (unpaired) electrons. The first-order chi connectivity index (χ1) is 16.4. The van der Waals surface area contributed by atoms with Crippen molar-refractivity contribution < 1.29 is 9.59 Å². The Hall–Kier alpha value is -1.96. The van der Waals surface area contributed by atoms with Crippen LogP contribution in [0, 0.1) is 5.41 Å². The van der Waals surface area contributed by atoms with E-state index in [1.54, 1.807) is 23.5 Å². The maximum absolute atomic E-state index is 13.1. The number of carbonyl (C=O) groups excluding carboxylic acids is 2. The van der Waals surface area contributed by atoms with Crippen LogP contribution >= 0.6 is 23.5 Å². The van der Waals surface area contributed by atoms with E-state index in [4.69, 9.17) is 5.73 Å². The van der Waals surface area contributed by atoms with E-state index in [1.165, 1.54) is 11.1 Å². The fourth-order valence-corrected chi connectivity index (χ4v) is 5.44. The van der Waals surface area contributed by atoms with Gasteiger partial charge in [0.15, 0.2) is 0 Å². The lowest BCUT2D eigenvalue weighted by Gasteiger charge is -2.27. The van der Waals surface area contributed by atoms with Gasteiger partial charge in [-0.05, 0) is 30.5 Å². The number of rotatable bonds is 16. The number of nitrogens with two attached hydrogens (primary N) is 1. The molecule has 2 aromatic carbocycles. The molecular weight excluding hydrogens is 462 g/mol. The van der Waals surface area contributed by atoms with Crippen LogP contribution in [-0.2, 0) is 21.1 Å². The summed E-state index contributed by atoms with van der Waals surface area (Å²) in [4.78, 5) is 26.1. The SMILES string of the molecule is CC(C)(CSCc1ccccc1)C(=O)N[C@@H](CSCc1ccccc1)C(=O)NCCCCCN. The third kappa shape index (κ3) is 11.0. The van der Waals surface area contributed by atoms with Crippen LogP contribution in [-0.4, -0.2) is 42.5 Å². The first-order valence-electron chi connectivity index (χ1n) is 11.9. The molecule has 0 aliphatic heterocycles. The van der Waals surface area contributed by atoms with Gasteiger partial charge in [-0.25, -0.2) is 0 Å². The zero-order valence-corrected chi connectivity index (χ0v) is 22.1. The number of benzene rings is 2. The Kier molecular flexibility index (Phi) is 13.2. The van der Waals surface area contributed by atoms with E-state index >= 15 is 0 Å². The van der Waals surface area contributed by atoms with E-state index in [-0.39, 0.29) is 11.8 Å². The van der Waals surface area contributed by atoms with Gasteiger partial charge < -0.3 is 16.4 Å². The van der Waals surface area contributed by atoms with E-state index in [2.05, 4.69) is 34.9 Å². The summed E-state index contributed by atoms with van der Waals surface area (Å²) >= 11 is 3.40. The van der Waals surface area contributed by atoms with Gasteiger partial charge in [0, 0.05) is 29.6 Å². The monoisotopic (exact) mass is 501 g/mol. The molecule has 0 saturated heterocycles. The Labute approximate surface area is 213 Å². The minimum absolute atomic E-state index is 0.0864. The molecule has 0 bridgehead atoms. The molecule has 0 unspecified atom stereocenters. The number of thioether (sulfide) groups is 2. The molecule has 34 heavy (non-hydrogen) atoms. The molecular formula is C27H39N3O2S2. The summed E-state index contributed by atoms with van der Waals surface area (Å²) in [7, 11) is 0. The first kappa shape index (κ1) is 28.3. The number of unbranched alkanes of at least 4 members (excludes halogenated alkanes) is 2. The van der Waals surface area contributed by atoms with E-state index in [0.717, 1.165) is 30.8 Å². The van der Waals surface area contributed by atoms with Gasteiger partial charge >= 0.3 is 0 Å². The summed E-state index contributed by atoms with van der Waals surface area (Å²) in [5.41, 5.74) is 7.41. The highest BCUT2D eigenvalue weighted by Crippen LogP contribution is 2.25. The zero-order chi connectivity index (χ0) is 24.7. The van der Waals surface area contributed by atoms with Crippen LogP contribution in [0.1, 0.15) is 44.2 Å². The predicted octanol–water partition coefficient (Wildman–Crippen LogP) is 4.61. The smallest absolute Gasteiger partial charge is 0.243 e. The molecule has 7 heteroatoms. The molecule has 1 atom stereocenters. The summed E-state index contributed by atoms with van der Waals surface area (Å²) in [6.07, 6.45) is 2.84. The Morgan fingerprint density at radius 1 is 0.882 bits per heavy atom. The van der Waals surface area contributed by atoms with Gasteiger partial charge in [0.1, 0.15) is 6.04 Å². The topological polar surface area (TPSA) is 84.2 Å². The van der Waals surface area contributed by atoms with E-state index < -0.39 is 11.5 Å². The third-order valence-corrected chi connectivity index (χ3v) is 7.96. The molecule has 4 N–H and O–H groups in total. The molecule has 0 spiro atoms. The summed E-state index contributed by atoms with van der Waals surface area (Å²) in [5, 5.41) is 6.04. The van der Waals surface area contributed by atoms with Gasteiger partial charge in [0.25, 0.3) is 0 Å². The molecule has 0 heterocycles. The van der Waals surface area contributed by atoms with Crippen molar-refractivity contribution in [3.05, 3.63) is 71.8 Å². The van der Waals surface area contributed by atoms with Crippen LogP contribution in [0.4, 0.5) is 0 Å². The zero-order valence-electron chi connectivity index (χ0n) is 20.4. The molecule has 2 rings (SSSR count). The first-order valence-corrected chi connectivity index (χ1v) is 14.3. The van der Waals surface area contributed by atoms with Crippen molar-refractivity contribution >= 4 is 35.3 Å². The maximum Gasteiger partial charge on any atom is 0.243 e. The lowest BCUT2D eigenvalue weighted by molar-refractivity contribution is -0.132. The van der Waals surface area contributed by atoms with Crippen molar-refractivity contribution in [3.8, 4) is 0 Å². The molecule has 0 saturated carbocycles. The van der Waals surface area contributed by atoms with Crippen molar-refractivity contribution in [2.45, 2.75) is 50.7 Å². The second kappa shape index (κ2) is 15.8.